The lowest BCUT2D eigenvalue weighted by atomic mass is 9.92. The predicted molar refractivity (Wildman–Crippen MR) is 203 cm³/mol. The molecule has 0 saturated heterocycles. The summed E-state index contributed by atoms with van der Waals surface area (Å²) < 4.78 is 19.8. The van der Waals surface area contributed by atoms with Gasteiger partial charge in [-0.15, -0.1) is 0 Å². The van der Waals surface area contributed by atoms with Crippen LogP contribution in [0.2, 0.25) is 0 Å². The molecule has 1 atom stereocenters. The average Bonchev–Trinajstić information content (AvgIpc) is 3.63. The first-order chi connectivity index (χ1) is 25.6. The number of carbonyl (C=O) groups excluding carboxylic acids is 1. The Labute approximate surface area is 304 Å². The van der Waals surface area contributed by atoms with Crippen molar-refractivity contribution < 1.29 is 24.1 Å². The molecule has 1 unspecified atom stereocenters. The van der Waals surface area contributed by atoms with Crippen LogP contribution in [0.1, 0.15) is 46.9 Å². The maximum Gasteiger partial charge on any atom is 0.342 e. The molecule has 1 aromatic heterocycles. The lowest BCUT2D eigenvalue weighted by Crippen LogP contribution is -2.44. The van der Waals surface area contributed by atoms with Gasteiger partial charge in [0.2, 0.25) is 0 Å². The number of ether oxygens (including phenoxy) is 3. The topological polar surface area (TPSA) is 84.0 Å². The fraction of sp³-hybridized carbons (Fsp3) is 0.178. The number of esters is 1. The van der Waals surface area contributed by atoms with Crippen molar-refractivity contribution in [1.29, 1.82) is 0 Å². The molecule has 0 amide bonds. The van der Waals surface area contributed by atoms with E-state index in [0.717, 1.165) is 55.7 Å². The van der Waals surface area contributed by atoms with Gasteiger partial charge in [-0.05, 0) is 46.2 Å². The van der Waals surface area contributed by atoms with Gasteiger partial charge in [0.1, 0.15) is 24.5 Å². The number of aromatic amines is 1. The number of allylic oxidation sites excluding steroid dienone is 1. The van der Waals surface area contributed by atoms with E-state index in [0.29, 0.717) is 24.3 Å². The standard InChI is InChI=1S/C45H42N2O5/c1-2-39-42(37-24-23-36-25-38(28-48)46-40(36)26-37)47(27-32-15-7-3-8-16-32)44(51-30-34-19-11-5-12-20-34)41(43(39)50-29-33-17-9-4-10-18-33)45(49)52-31-35-21-13-6-14-22-35/h3-26,44,46,48H,2,27-31H2,1H3. The van der Waals surface area contributed by atoms with E-state index >= 15 is 0 Å². The zero-order chi connectivity index (χ0) is 35.7. The summed E-state index contributed by atoms with van der Waals surface area (Å²) in [6.45, 7) is 3.05. The van der Waals surface area contributed by atoms with E-state index in [-0.39, 0.29) is 26.4 Å². The van der Waals surface area contributed by atoms with Crippen LogP contribution < -0.4 is 0 Å². The van der Waals surface area contributed by atoms with Crippen LogP contribution >= 0.6 is 0 Å². The van der Waals surface area contributed by atoms with Crippen molar-refractivity contribution >= 4 is 22.6 Å². The first kappa shape index (κ1) is 34.6. The smallest absolute Gasteiger partial charge is 0.342 e. The highest BCUT2D eigenvalue weighted by molar-refractivity contribution is 5.94. The Kier molecular flexibility index (Phi) is 10.9. The van der Waals surface area contributed by atoms with Crippen LogP contribution in [0.5, 0.6) is 0 Å². The molecular weight excluding hydrogens is 649 g/mol. The van der Waals surface area contributed by atoms with E-state index in [1.807, 2.05) is 115 Å². The summed E-state index contributed by atoms with van der Waals surface area (Å²) in [6, 6.07) is 48.0. The van der Waals surface area contributed by atoms with Gasteiger partial charge in [-0.25, -0.2) is 4.79 Å². The molecule has 2 heterocycles. The minimum atomic E-state index is -0.868. The Morgan fingerprint density at radius 2 is 1.29 bits per heavy atom. The minimum Gasteiger partial charge on any atom is -0.488 e. The minimum absolute atomic E-state index is 0.0862. The lowest BCUT2D eigenvalue weighted by molar-refractivity contribution is -0.144. The Morgan fingerprint density at radius 1 is 0.712 bits per heavy atom. The van der Waals surface area contributed by atoms with Gasteiger partial charge in [0.15, 0.2) is 6.23 Å². The van der Waals surface area contributed by atoms with Crippen molar-refractivity contribution in [2.75, 3.05) is 0 Å². The molecule has 6 aromatic rings. The number of benzene rings is 5. The maximum absolute atomic E-state index is 14.6. The summed E-state index contributed by atoms with van der Waals surface area (Å²) >= 11 is 0. The number of aliphatic hydroxyl groups is 1. The highest BCUT2D eigenvalue weighted by Gasteiger charge is 2.41. The number of aliphatic hydroxyl groups excluding tert-OH is 1. The predicted octanol–water partition coefficient (Wildman–Crippen LogP) is 9.05. The van der Waals surface area contributed by atoms with Crippen LogP contribution in [0.4, 0.5) is 0 Å². The van der Waals surface area contributed by atoms with Crippen molar-refractivity contribution in [3.8, 4) is 0 Å². The molecule has 7 rings (SSSR count). The number of carbonyl (C=O) groups is 1. The molecule has 7 heteroatoms. The third kappa shape index (κ3) is 7.86. The largest absolute Gasteiger partial charge is 0.488 e. The molecule has 7 nitrogen and oxygen atoms in total. The summed E-state index contributed by atoms with van der Waals surface area (Å²) in [5, 5.41) is 10.9. The van der Waals surface area contributed by atoms with E-state index < -0.39 is 12.2 Å². The van der Waals surface area contributed by atoms with Gasteiger partial charge in [-0.2, -0.15) is 0 Å². The zero-order valence-corrected chi connectivity index (χ0v) is 29.2. The second-order valence-electron chi connectivity index (χ2n) is 12.8. The highest BCUT2D eigenvalue weighted by atomic mass is 16.5. The van der Waals surface area contributed by atoms with Gasteiger partial charge in [0.25, 0.3) is 0 Å². The summed E-state index contributed by atoms with van der Waals surface area (Å²) in [4.78, 5) is 20.1. The quantitative estimate of drug-likeness (QED) is 0.111. The first-order valence-corrected chi connectivity index (χ1v) is 17.7. The highest BCUT2D eigenvalue weighted by Crippen LogP contribution is 2.43. The Balaban J connectivity index is 1.42. The molecule has 0 bridgehead atoms. The average molecular weight is 691 g/mol. The first-order valence-electron chi connectivity index (χ1n) is 17.7. The molecule has 1 aliphatic rings. The fourth-order valence-corrected chi connectivity index (χ4v) is 6.67. The Morgan fingerprint density at radius 3 is 1.88 bits per heavy atom. The second kappa shape index (κ2) is 16.4. The monoisotopic (exact) mass is 690 g/mol. The molecule has 0 radical (unpaired) electrons. The normalized spacial score (nSPS) is 14.6. The van der Waals surface area contributed by atoms with Crippen LogP contribution in [0.25, 0.3) is 16.6 Å². The molecule has 262 valence electrons. The number of nitrogens with zero attached hydrogens (tertiary/aromatic N) is 1. The van der Waals surface area contributed by atoms with Gasteiger partial charge in [0, 0.05) is 28.9 Å². The van der Waals surface area contributed by atoms with E-state index in [1.165, 1.54) is 0 Å². The van der Waals surface area contributed by atoms with Crippen molar-refractivity contribution in [2.45, 2.75) is 52.5 Å². The zero-order valence-electron chi connectivity index (χ0n) is 29.2. The molecule has 5 aromatic carbocycles. The van der Waals surface area contributed by atoms with Gasteiger partial charge in [-0.3, -0.25) is 0 Å². The molecule has 2 N–H and O–H groups in total. The third-order valence-electron chi connectivity index (χ3n) is 9.20. The van der Waals surface area contributed by atoms with Crippen LogP contribution in [0.15, 0.2) is 162 Å². The summed E-state index contributed by atoms with van der Waals surface area (Å²) in [5.41, 5.74) is 8.54. The van der Waals surface area contributed by atoms with Gasteiger partial charge in [0.05, 0.1) is 18.9 Å². The molecular formula is C45H42N2O5. The molecule has 0 aliphatic carbocycles. The van der Waals surface area contributed by atoms with Crippen LogP contribution in [-0.2, 0) is 52.0 Å². The van der Waals surface area contributed by atoms with E-state index in [2.05, 4.69) is 47.1 Å². The van der Waals surface area contributed by atoms with Gasteiger partial charge >= 0.3 is 5.97 Å². The number of fused-ring (bicyclic) bond motifs is 1. The molecule has 0 fully saturated rings. The Hall–Kier alpha value is -5.89. The summed E-state index contributed by atoms with van der Waals surface area (Å²) in [6.07, 6.45) is -0.303. The number of nitrogens with one attached hydrogen (secondary N) is 1. The van der Waals surface area contributed by atoms with E-state index in [1.54, 1.807) is 0 Å². The number of rotatable bonds is 14. The molecule has 0 spiro atoms. The number of aromatic nitrogens is 1. The fourth-order valence-electron chi connectivity index (χ4n) is 6.67. The Bertz CT molecular complexity index is 2160. The van der Waals surface area contributed by atoms with Crippen LogP contribution in [-0.4, -0.2) is 27.2 Å². The molecule has 52 heavy (non-hydrogen) atoms. The SMILES string of the molecule is CCC1=C(c2ccc3cc(CO)[nH]c3c2)N(Cc2ccccc2)C(OCc2ccccc2)C(C(=O)OCc2ccccc2)=C1OCc1ccccc1. The van der Waals surface area contributed by atoms with Crippen LogP contribution in [0.3, 0.4) is 0 Å². The number of hydrogen-bond donors (Lipinski definition) is 2. The maximum atomic E-state index is 14.6. The van der Waals surface area contributed by atoms with Crippen LogP contribution in [0, 0.1) is 0 Å². The second-order valence-corrected chi connectivity index (χ2v) is 12.8. The van der Waals surface area contributed by atoms with Gasteiger partial charge < -0.3 is 29.2 Å². The third-order valence-corrected chi connectivity index (χ3v) is 9.20. The van der Waals surface area contributed by atoms with Crippen molar-refractivity contribution in [1.82, 2.24) is 9.88 Å². The summed E-state index contributed by atoms with van der Waals surface area (Å²) in [5.74, 6) is -0.0372. The van der Waals surface area contributed by atoms with Crippen molar-refractivity contribution in [2.24, 2.45) is 0 Å². The van der Waals surface area contributed by atoms with Crippen molar-refractivity contribution in [3.63, 3.8) is 0 Å². The summed E-state index contributed by atoms with van der Waals surface area (Å²) in [7, 11) is 0. The molecule has 1 aliphatic heterocycles. The van der Waals surface area contributed by atoms with E-state index in [4.69, 9.17) is 14.2 Å². The van der Waals surface area contributed by atoms with Gasteiger partial charge in [-0.1, -0.05) is 140 Å². The van der Waals surface area contributed by atoms with E-state index in [9.17, 15) is 9.90 Å². The van der Waals surface area contributed by atoms with Crippen molar-refractivity contribution in [3.05, 3.63) is 196 Å². The number of hydrogen-bond acceptors (Lipinski definition) is 6. The molecule has 0 saturated carbocycles. The lowest BCUT2D eigenvalue weighted by Gasteiger charge is -2.42. The number of H-pyrrole nitrogens is 1.